The predicted molar refractivity (Wildman–Crippen MR) is 103 cm³/mol. The maximum absolute atomic E-state index is 14.3. The van der Waals surface area contributed by atoms with Crippen LogP contribution in [0.4, 0.5) is 10.1 Å². The Kier molecular flexibility index (Phi) is 5.86. The number of nitrogens with one attached hydrogen (secondary N) is 1. The topological polar surface area (TPSA) is 55.1 Å². The third-order valence-electron chi connectivity index (χ3n) is 3.57. The van der Waals surface area contributed by atoms with Gasteiger partial charge in [0.25, 0.3) is 5.91 Å². The molecule has 0 radical (unpaired) electrons. The van der Waals surface area contributed by atoms with Crippen molar-refractivity contribution in [2.45, 2.75) is 9.73 Å². The number of carbonyl (C=O) groups is 1. The zero-order chi connectivity index (χ0) is 18.7. The number of amides is 1. The van der Waals surface area contributed by atoms with Crippen molar-refractivity contribution in [1.82, 2.24) is 5.16 Å². The van der Waals surface area contributed by atoms with Gasteiger partial charge in [-0.05, 0) is 30.5 Å². The summed E-state index contributed by atoms with van der Waals surface area (Å²) in [5.41, 5.74) is 1.97. The summed E-state index contributed by atoms with van der Waals surface area (Å²) in [4.78, 5) is 11.2. The van der Waals surface area contributed by atoms with E-state index in [0.29, 0.717) is 28.3 Å². The average molecular weight is 411 g/mol. The molecule has 0 aliphatic carbocycles. The summed E-state index contributed by atoms with van der Waals surface area (Å²) in [5.74, 6) is -0.451. The maximum atomic E-state index is 14.3. The SMILES string of the molecule is CSc1cccc(F)c1-c1cc(-c2cccc(NC(=O)C(Cl)Cl)c2)on1. The first kappa shape index (κ1) is 18.8. The van der Waals surface area contributed by atoms with Crippen LogP contribution in [0, 0.1) is 5.82 Å². The van der Waals surface area contributed by atoms with Gasteiger partial charge in [-0.1, -0.05) is 46.6 Å². The summed E-state index contributed by atoms with van der Waals surface area (Å²) in [6, 6.07) is 13.4. The Morgan fingerprint density at radius 1 is 1.23 bits per heavy atom. The molecule has 1 amide bonds. The highest BCUT2D eigenvalue weighted by Gasteiger charge is 2.17. The molecule has 0 aliphatic heterocycles. The summed E-state index contributed by atoms with van der Waals surface area (Å²) < 4.78 is 19.6. The number of rotatable bonds is 5. The summed E-state index contributed by atoms with van der Waals surface area (Å²) >= 11 is 12.5. The Balaban J connectivity index is 1.93. The fourth-order valence-corrected chi connectivity index (χ4v) is 3.13. The molecule has 26 heavy (non-hydrogen) atoms. The molecule has 1 heterocycles. The van der Waals surface area contributed by atoms with Gasteiger partial charge in [0.1, 0.15) is 11.5 Å². The second kappa shape index (κ2) is 8.12. The van der Waals surface area contributed by atoms with E-state index in [1.165, 1.54) is 17.8 Å². The molecule has 2 aromatic carbocycles. The van der Waals surface area contributed by atoms with Crippen LogP contribution in [0.15, 0.2) is 57.9 Å². The number of nitrogens with zero attached hydrogens (tertiary/aromatic N) is 1. The molecule has 3 rings (SSSR count). The van der Waals surface area contributed by atoms with Crippen LogP contribution in [0.2, 0.25) is 0 Å². The Labute approximate surface area is 163 Å². The molecule has 0 unspecified atom stereocenters. The number of thioether (sulfide) groups is 1. The number of hydrogen-bond donors (Lipinski definition) is 1. The van der Waals surface area contributed by atoms with Gasteiger partial charge >= 0.3 is 0 Å². The molecular formula is C18H13Cl2FN2O2S. The van der Waals surface area contributed by atoms with Crippen LogP contribution >= 0.6 is 35.0 Å². The summed E-state index contributed by atoms with van der Waals surface area (Å²) in [6.45, 7) is 0. The summed E-state index contributed by atoms with van der Waals surface area (Å²) in [5, 5.41) is 6.58. The number of anilines is 1. The average Bonchev–Trinajstić information content (AvgIpc) is 3.11. The molecule has 0 bridgehead atoms. The summed E-state index contributed by atoms with van der Waals surface area (Å²) in [7, 11) is 0. The molecule has 8 heteroatoms. The molecule has 0 spiro atoms. The molecular weight excluding hydrogens is 398 g/mol. The van der Waals surface area contributed by atoms with Gasteiger partial charge in [-0.3, -0.25) is 4.79 Å². The van der Waals surface area contributed by atoms with E-state index in [1.54, 1.807) is 36.4 Å². The molecule has 0 saturated carbocycles. The van der Waals surface area contributed by atoms with E-state index in [0.717, 1.165) is 4.90 Å². The van der Waals surface area contributed by atoms with Crippen molar-refractivity contribution in [2.24, 2.45) is 0 Å². The maximum Gasteiger partial charge on any atom is 0.257 e. The van der Waals surface area contributed by atoms with Crippen LogP contribution in [0.1, 0.15) is 0 Å². The number of alkyl halides is 2. The number of hydrogen-bond acceptors (Lipinski definition) is 4. The number of benzene rings is 2. The lowest BCUT2D eigenvalue weighted by Gasteiger charge is -2.06. The zero-order valence-corrected chi connectivity index (χ0v) is 15.8. The Morgan fingerprint density at radius 3 is 2.73 bits per heavy atom. The van der Waals surface area contributed by atoms with Crippen molar-refractivity contribution in [2.75, 3.05) is 11.6 Å². The molecule has 1 aromatic heterocycles. The van der Waals surface area contributed by atoms with Crippen LogP contribution in [0.5, 0.6) is 0 Å². The number of carbonyl (C=O) groups excluding carboxylic acids is 1. The van der Waals surface area contributed by atoms with Crippen molar-refractivity contribution in [3.05, 3.63) is 54.3 Å². The first-order valence-corrected chi connectivity index (χ1v) is 9.58. The second-order valence-electron chi connectivity index (χ2n) is 5.26. The van der Waals surface area contributed by atoms with E-state index in [1.807, 2.05) is 12.3 Å². The first-order valence-electron chi connectivity index (χ1n) is 7.48. The van der Waals surface area contributed by atoms with Crippen molar-refractivity contribution in [3.8, 4) is 22.6 Å². The van der Waals surface area contributed by atoms with Gasteiger partial charge in [-0.2, -0.15) is 0 Å². The number of aromatic nitrogens is 1. The lowest BCUT2D eigenvalue weighted by atomic mass is 10.1. The highest BCUT2D eigenvalue weighted by atomic mass is 35.5. The Morgan fingerprint density at radius 2 is 2.00 bits per heavy atom. The third kappa shape index (κ3) is 4.03. The van der Waals surface area contributed by atoms with Crippen LogP contribution < -0.4 is 5.32 Å². The monoisotopic (exact) mass is 410 g/mol. The van der Waals surface area contributed by atoms with Gasteiger partial charge < -0.3 is 9.84 Å². The fourth-order valence-electron chi connectivity index (χ4n) is 2.40. The van der Waals surface area contributed by atoms with Gasteiger partial charge in [-0.25, -0.2) is 4.39 Å². The third-order valence-corrected chi connectivity index (χ3v) is 4.75. The van der Waals surface area contributed by atoms with Crippen LogP contribution in [0.25, 0.3) is 22.6 Å². The Hall–Kier alpha value is -2.02. The molecule has 4 nitrogen and oxygen atoms in total. The Bertz CT molecular complexity index is 946. The summed E-state index contributed by atoms with van der Waals surface area (Å²) in [6.07, 6.45) is 1.87. The van der Waals surface area contributed by atoms with Gasteiger partial charge in [0.05, 0.1) is 5.56 Å². The van der Waals surface area contributed by atoms with Crippen LogP contribution in [-0.4, -0.2) is 22.2 Å². The number of halogens is 3. The molecule has 0 saturated heterocycles. The molecule has 0 atom stereocenters. The van der Waals surface area contributed by atoms with Gasteiger partial charge in [-0.15, -0.1) is 11.8 Å². The zero-order valence-electron chi connectivity index (χ0n) is 13.5. The molecule has 3 aromatic rings. The van der Waals surface area contributed by atoms with E-state index >= 15 is 0 Å². The smallest absolute Gasteiger partial charge is 0.257 e. The lowest BCUT2D eigenvalue weighted by molar-refractivity contribution is -0.114. The molecule has 134 valence electrons. The van der Waals surface area contributed by atoms with Crippen molar-refractivity contribution in [1.29, 1.82) is 0 Å². The minimum absolute atomic E-state index is 0.368. The molecule has 1 N–H and O–H groups in total. The molecule has 0 fully saturated rings. The van der Waals surface area contributed by atoms with Crippen LogP contribution in [0.3, 0.4) is 0 Å². The highest BCUT2D eigenvalue weighted by molar-refractivity contribution is 7.98. The largest absolute Gasteiger partial charge is 0.356 e. The normalized spacial score (nSPS) is 11.0. The lowest BCUT2D eigenvalue weighted by Crippen LogP contribution is -2.18. The fraction of sp³-hybridized carbons (Fsp3) is 0.111. The second-order valence-corrected chi connectivity index (χ2v) is 7.21. The van der Waals surface area contributed by atoms with Gasteiger partial charge in [0.2, 0.25) is 0 Å². The van der Waals surface area contributed by atoms with Crippen molar-refractivity contribution < 1.29 is 13.7 Å². The quantitative estimate of drug-likeness (QED) is 0.438. The minimum atomic E-state index is -1.17. The standard InChI is InChI=1S/C18H13Cl2FN2O2S/c1-26-15-7-3-6-12(21)16(15)13-9-14(25-23-13)10-4-2-5-11(8-10)22-18(24)17(19)20/h2-9,17H,1H3,(H,22,24). The first-order chi connectivity index (χ1) is 12.5. The van der Waals surface area contributed by atoms with E-state index in [9.17, 15) is 9.18 Å². The van der Waals surface area contributed by atoms with E-state index < -0.39 is 10.7 Å². The van der Waals surface area contributed by atoms with Crippen molar-refractivity contribution in [3.63, 3.8) is 0 Å². The van der Waals surface area contributed by atoms with E-state index in [-0.39, 0.29) is 5.82 Å². The molecule has 0 aliphatic rings. The highest BCUT2D eigenvalue weighted by Crippen LogP contribution is 2.34. The van der Waals surface area contributed by atoms with E-state index in [4.69, 9.17) is 27.7 Å². The van der Waals surface area contributed by atoms with Gasteiger partial charge in [0, 0.05) is 22.2 Å². The van der Waals surface area contributed by atoms with Crippen LogP contribution in [-0.2, 0) is 4.79 Å². The van der Waals surface area contributed by atoms with E-state index in [2.05, 4.69) is 10.5 Å². The predicted octanol–water partition coefficient (Wildman–Crippen LogP) is 5.61. The minimum Gasteiger partial charge on any atom is -0.356 e. The van der Waals surface area contributed by atoms with Gasteiger partial charge in [0.15, 0.2) is 10.6 Å². The van der Waals surface area contributed by atoms with Crippen molar-refractivity contribution >= 4 is 46.6 Å².